The fraction of sp³-hybridized carbons (Fsp3) is 0.280. The molecule has 0 atom stereocenters. The van der Waals surface area contributed by atoms with E-state index in [0.717, 1.165) is 5.75 Å². The van der Waals surface area contributed by atoms with Gasteiger partial charge in [0.2, 0.25) is 0 Å². The minimum absolute atomic E-state index is 0.511. The first-order chi connectivity index (χ1) is 14.9. The van der Waals surface area contributed by atoms with Crippen molar-refractivity contribution < 1.29 is 18.9 Å². The molecule has 0 aliphatic heterocycles. The SMILES string of the molecule is COCCOCCOCCOc1ccccc1[Se+](c1ccccc1)c1ccccc1. The molecular formula is C25H29O4Se+. The zero-order valence-corrected chi connectivity index (χ0v) is 19.1. The number of ether oxygens (including phenoxy) is 4. The molecular weight excluding hydrogens is 443 g/mol. The van der Waals surface area contributed by atoms with Crippen molar-refractivity contribution in [3.63, 3.8) is 0 Å². The molecule has 3 aromatic carbocycles. The van der Waals surface area contributed by atoms with E-state index in [1.807, 2.05) is 6.07 Å². The van der Waals surface area contributed by atoms with Gasteiger partial charge in [-0.05, 0) is 0 Å². The zero-order valence-electron chi connectivity index (χ0n) is 17.4. The van der Waals surface area contributed by atoms with Gasteiger partial charge in [0.15, 0.2) is 0 Å². The molecule has 0 bridgehead atoms. The standard InChI is InChI=1S/C25H29O4Se/c1-26-16-17-27-18-19-28-20-21-29-24-14-8-9-15-25(24)30(22-10-4-2-5-11-22)23-12-6-3-7-13-23/h2-15H,16-21H2,1H3/q+1. The summed E-state index contributed by atoms with van der Waals surface area (Å²) in [7, 11) is 1.66. The van der Waals surface area contributed by atoms with Crippen LogP contribution < -0.4 is 18.1 Å². The average Bonchev–Trinajstić information content (AvgIpc) is 2.80. The third kappa shape index (κ3) is 6.98. The Morgan fingerprint density at radius 2 is 1.07 bits per heavy atom. The van der Waals surface area contributed by atoms with Gasteiger partial charge in [0.1, 0.15) is 0 Å². The number of para-hydroxylation sites is 1. The van der Waals surface area contributed by atoms with Crippen molar-refractivity contribution in [3.8, 4) is 5.75 Å². The molecule has 0 aliphatic carbocycles. The Hall–Kier alpha value is -2.14. The topological polar surface area (TPSA) is 36.9 Å². The second-order valence-corrected chi connectivity index (χ2v) is 10.6. The van der Waals surface area contributed by atoms with Crippen molar-refractivity contribution in [2.45, 2.75) is 0 Å². The Morgan fingerprint density at radius 3 is 1.67 bits per heavy atom. The molecule has 158 valence electrons. The summed E-state index contributed by atoms with van der Waals surface area (Å²) in [6.07, 6.45) is 0. The number of benzene rings is 3. The second-order valence-electron chi connectivity index (χ2n) is 6.45. The quantitative estimate of drug-likeness (QED) is 0.283. The maximum atomic E-state index is 6.15. The van der Waals surface area contributed by atoms with Crippen LogP contribution in [0.2, 0.25) is 0 Å². The monoisotopic (exact) mass is 473 g/mol. The first-order valence-electron chi connectivity index (χ1n) is 10.1. The Kier molecular flexibility index (Phi) is 9.93. The van der Waals surface area contributed by atoms with Gasteiger partial charge in [0.05, 0.1) is 0 Å². The van der Waals surface area contributed by atoms with E-state index in [-0.39, 0.29) is 0 Å². The van der Waals surface area contributed by atoms with E-state index in [9.17, 15) is 0 Å². The van der Waals surface area contributed by atoms with Crippen LogP contribution in [0, 0.1) is 0 Å². The zero-order chi connectivity index (χ0) is 20.9. The van der Waals surface area contributed by atoms with Gasteiger partial charge in [0.25, 0.3) is 0 Å². The van der Waals surface area contributed by atoms with Crippen LogP contribution in [-0.2, 0) is 14.2 Å². The van der Waals surface area contributed by atoms with Crippen LogP contribution >= 0.6 is 0 Å². The van der Waals surface area contributed by atoms with E-state index < -0.39 is 13.9 Å². The predicted octanol–water partition coefficient (Wildman–Crippen LogP) is 2.26. The van der Waals surface area contributed by atoms with Crippen LogP contribution in [0.3, 0.4) is 0 Å². The van der Waals surface area contributed by atoms with Gasteiger partial charge in [-0.2, -0.15) is 0 Å². The molecule has 0 unspecified atom stereocenters. The summed E-state index contributed by atoms with van der Waals surface area (Å²) in [6.45, 7) is 3.36. The van der Waals surface area contributed by atoms with Gasteiger partial charge in [-0.25, -0.2) is 0 Å². The second kappa shape index (κ2) is 13.2. The molecule has 3 rings (SSSR count). The van der Waals surface area contributed by atoms with Gasteiger partial charge in [0, 0.05) is 7.11 Å². The number of methoxy groups -OCH3 is 1. The van der Waals surface area contributed by atoms with Crippen molar-refractivity contribution in [3.05, 3.63) is 84.9 Å². The molecule has 0 radical (unpaired) electrons. The normalized spacial score (nSPS) is 11.0. The van der Waals surface area contributed by atoms with Gasteiger partial charge in [-0.15, -0.1) is 0 Å². The third-order valence-corrected chi connectivity index (χ3v) is 9.07. The number of hydrogen-bond donors (Lipinski definition) is 0. The van der Waals surface area contributed by atoms with E-state index in [1.54, 1.807) is 7.11 Å². The van der Waals surface area contributed by atoms with E-state index in [0.29, 0.717) is 39.6 Å². The Labute approximate surface area is 183 Å². The molecule has 0 aliphatic rings. The summed E-state index contributed by atoms with van der Waals surface area (Å²) in [5.74, 6) is 0.940. The summed E-state index contributed by atoms with van der Waals surface area (Å²) in [6, 6.07) is 29.9. The summed E-state index contributed by atoms with van der Waals surface area (Å²) < 4.78 is 26.1. The maximum absolute atomic E-state index is 6.15. The Balaban J connectivity index is 1.64. The first-order valence-corrected chi connectivity index (χ1v) is 12.7. The summed E-state index contributed by atoms with van der Waals surface area (Å²) in [5, 5.41) is 0. The molecule has 0 heterocycles. The van der Waals surface area contributed by atoms with Gasteiger partial charge < -0.3 is 0 Å². The van der Waals surface area contributed by atoms with Crippen molar-refractivity contribution in [1.29, 1.82) is 0 Å². The average molecular weight is 472 g/mol. The Bertz CT molecular complexity index is 803. The molecule has 0 fully saturated rings. The van der Waals surface area contributed by atoms with Crippen molar-refractivity contribution in [2.24, 2.45) is 0 Å². The molecule has 4 nitrogen and oxygen atoms in total. The molecule has 0 aromatic heterocycles. The first kappa shape index (κ1) is 22.5. The molecule has 3 aromatic rings. The van der Waals surface area contributed by atoms with Crippen LogP contribution in [0.5, 0.6) is 5.75 Å². The number of hydrogen-bond acceptors (Lipinski definition) is 4. The molecule has 0 amide bonds. The third-order valence-electron chi connectivity index (χ3n) is 4.32. The van der Waals surface area contributed by atoms with Crippen molar-refractivity contribution in [2.75, 3.05) is 46.8 Å². The fourth-order valence-corrected chi connectivity index (χ4v) is 7.49. The summed E-state index contributed by atoms with van der Waals surface area (Å²) in [5.41, 5.74) is 0. The van der Waals surface area contributed by atoms with E-state index in [1.165, 1.54) is 13.4 Å². The van der Waals surface area contributed by atoms with E-state index in [4.69, 9.17) is 18.9 Å². The predicted molar refractivity (Wildman–Crippen MR) is 123 cm³/mol. The van der Waals surface area contributed by atoms with E-state index in [2.05, 4.69) is 78.9 Å². The van der Waals surface area contributed by atoms with Crippen molar-refractivity contribution >= 4 is 27.3 Å². The summed E-state index contributed by atoms with van der Waals surface area (Å²) in [4.78, 5) is 0. The van der Waals surface area contributed by atoms with E-state index >= 15 is 0 Å². The van der Waals surface area contributed by atoms with Gasteiger partial charge in [-0.3, -0.25) is 0 Å². The number of rotatable bonds is 13. The van der Waals surface area contributed by atoms with Crippen LogP contribution in [0.1, 0.15) is 0 Å². The van der Waals surface area contributed by atoms with Crippen LogP contribution in [0.4, 0.5) is 0 Å². The molecule has 30 heavy (non-hydrogen) atoms. The molecule has 0 saturated carbocycles. The van der Waals surface area contributed by atoms with Crippen LogP contribution in [0.15, 0.2) is 84.9 Å². The Morgan fingerprint density at radius 1 is 0.567 bits per heavy atom. The molecule has 5 heteroatoms. The molecule has 0 N–H and O–H groups in total. The minimum atomic E-state index is -1.45. The van der Waals surface area contributed by atoms with Crippen LogP contribution in [-0.4, -0.2) is 60.7 Å². The molecule has 0 spiro atoms. The van der Waals surface area contributed by atoms with Crippen molar-refractivity contribution in [1.82, 2.24) is 0 Å². The fourth-order valence-electron chi connectivity index (χ4n) is 2.92. The van der Waals surface area contributed by atoms with Gasteiger partial charge in [-0.1, -0.05) is 0 Å². The summed E-state index contributed by atoms with van der Waals surface area (Å²) >= 11 is -1.45. The van der Waals surface area contributed by atoms with Crippen LogP contribution in [0.25, 0.3) is 0 Å². The molecule has 0 saturated heterocycles. The van der Waals surface area contributed by atoms with Gasteiger partial charge >= 0.3 is 177 Å².